The monoisotopic (exact) mass is 279 g/mol. The van der Waals surface area contributed by atoms with Gasteiger partial charge < -0.3 is 9.47 Å². The fourth-order valence-electron chi connectivity index (χ4n) is 1.88. The number of nitrogens with zero attached hydrogens (tertiary/aromatic N) is 1. The Labute approximate surface area is 125 Å². The number of benzene rings is 2. The average molecular weight is 279 g/mol. The van der Waals surface area contributed by atoms with Gasteiger partial charge in [0.25, 0.3) is 0 Å². The van der Waals surface area contributed by atoms with E-state index in [2.05, 4.69) is 0 Å². The van der Waals surface area contributed by atoms with Crippen molar-refractivity contribution in [3.8, 4) is 17.6 Å². The number of nitriles is 1. The van der Waals surface area contributed by atoms with Gasteiger partial charge >= 0.3 is 0 Å². The number of ether oxygens (including phenoxy) is 2. The van der Waals surface area contributed by atoms with Crippen LogP contribution in [0.2, 0.25) is 0 Å². The van der Waals surface area contributed by atoms with E-state index in [4.69, 9.17) is 14.7 Å². The largest absolute Gasteiger partial charge is 0.490 e. The highest BCUT2D eigenvalue weighted by Gasteiger charge is 2.06. The first-order chi connectivity index (χ1) is 10.3. The van der Waals surface area contributed by atoms with Crippen molar-refractivity contribution in [1.29, 1.82) is 5.26 Å². The number of allylic oxidation sites excluding steroid dienone is 1. The quantitative estimate of drug-likeness (QED) is 0.744. The zero-order chi connectivity index (χ0) is 14.9. The third-order valence-electron chi connectivity index (χ3n) is 2.86. The maximum Gasteiger partial charge on any atom is 0.161 e. The van der Waals surface area contributed by atoms with Crippen LogP contribution >= 0.6 is 0 Å². The van der Waals surface area contributed by atoms with Crippen molar-refractivity contribution in [2.24, 2.45) is 0 Å². The van der Waals surface area contributed by atoms with Crippen molar-refractivity contribution in [3.05, 3.63) is 65.7 Å². The lowest BCUT2D eigenvalue weighted by Crippen LogP contribution is -1.99. The fourth-order valence-corrected chi connectivity index (χ4v) is 1.88. The van der Waals surface area contributed by atoms with E-state index in [9.17, 15) is 0 Å². The van der Waals surface area contributed by atoms with Gasteiger partial charge in [-0.1, -0.05) is 36.4 Å². The number of hydrogen-bond acceptors (Lipinski definition) is 3. The van der Waals surface area contributed by atoms with Gasteiger partial charge in [0.2, 0.25) is 0 Å². The number of hydrogen-bond donors (Lipinski definition) is 0. The standard InChI is InChI=1S/C18H17NO2/c1-2-20-18-13-15(9-6-12-19)10-11-17(18)21-14-16-7-4-3-5-8-16/h3-11,13H,2,14H2,1H3/b9-6+. The van der Waals surface area contributed by atoms with Gasteiger partial charge in [-0.2, -0.15) is 5.26 Å². The van der Waals surface area contributed by atoms with Crippen LogP contribution in [0.25, 0.3) is 6.08 Å². The van der Waals surface area contributed by atoms with Crippen LogP contribution < -0.4 is 9.47 Å². The molecule has 0 unspecified atom stereocenters. The van der Waals surface area contributed by atoms with Crippen molar-refractivity contribution < 1.29 is 9.47 Å². The molecule has 21 heavy (non-hydrogen) atoms. The molecular formula is C18H17NO2. The summed E-state index contributed by atoms with van der Waals surface area (Å²) < 4.78 is 11.4. The van der Waals surface area contributed by atoms with Crippen LogP contribution in [0.1, 0.15) is 18.1 Å². The summed E-state index contributed by atoms with van der Waals surface area (Å²) in [6.45, 7) is 2.99. The van der Waals surface area contributed by atoms with Crippen molar-refractivity contribution in [2.45, 2.75) is 13.5 Å². The lowest BCUT2D eigenvalue weighted by atomic mass is 10.2. The minimum absolute atomic E-state index is 0.494. The Kier molecular flexibility index (Phi) is 5.42. The minimum Gasteiger partial charge on any atom is -0.490 e. The Morgan fingerprint density at radius 1 is 1.05 bits per heavy atom. The molecule has 0 spiro atoms. The normalized spacial score (nSPS) is 10.3. The molecule has 0 N–H and O–H groups in total. The summed E-state index contributed by atoms with van der Waals surface area (Å²) in [5.74, 6) is 1.39. The highest BCUT2D eigenvalue weighted by atomic mass is 16.5. The maximum atomic E-state index is 8.57. The van der Waals surface area contributed by atoms with Gasteiger partial charge in [-0.05, 0) is 36.3 Å². The van der Waals surface area contributed by atoms with Crippen molar-refractivity contribution in [1.82, 2.24) is 0 Å². The summed E-state index contributed by atoms with van der Waals surface area (Å²) >= 11 is 0. The molecule has 0 heterocycles. The molecule has 2 rings (SSSR count). The Morgan fingerprint density at radius 2 is 1.86 bits per heavy atom. The molecule has 0 aliphatic carbocycles. The summed E-state index contributed by atoms with van der Waals surface area (Å²) in [6, 6.07) is 17.6. The van der Waals surface area contributed by atoms with Gasteiger partial charge in [0, 0.05) is 6.08 Å². The molecule has 0 amide bonds. The molecule has 0 aliphatic heterocycles. The molecule has 0 bridgehead atoms. The van der Waals surface area contributed by atoms with Gasteiger partial charge in [0.15, 0.2) is 11.5 Å². The van der Waals surface area contributed by atoms with E-state index < -0.39 is 0 Å². The predicted octanol–water partition coefficient (Wildman–Crippen LogP) is 4.20. The molecule has 0 saturated carbocycles. The van der Waals surface area contributed by atoms with Crippen LogP contribution in [-0.4, -0.2) is 6.61 Å². The summed E-state index contributed by atoms with van der Waals surface area (Å²) in [5, 5.41) is 8.57. The first-order valence-corrected chi connectivity index (χ1v) is 6.83. The molecule has 0 atom stereocenters. The van der Waals surface area contributed by atoms with E-state index in [1.165, 1.54) is 6.08 Å². The maximum absolute atomic E-state index is 8.57. The van der Waals surface area contributed by atoms with E-state index >= 15 is 0 Å². The highest BCUT2D eigenvalue weighted by Crippen LogP contribution is 2.29. The van der Waals surface area contributed by atoms with Gasteiger partial charge in [0.1, 0.15) is 6.61 Å². The van der Waals surface area contributed by atoms with Crippen LogP contribution in [0.4, 0.5) is 0 Å². The summed E-state index contributed by atoms with van der Waals surface area (Å²) in [7, 11) is 0. The molecule has 2 aromatic carbocycles. The van der Waals surface area contributed by atoms with Crippen molar-refractivity contribution in [2.75, 3.05) is 6.61 Å². The van der Waals surface area contributed by atoms with E-state index in [0.29, 0.717) is 24.7 Å². The third-order valence-corrected chi connectivity index (χ3v) is 2.86. The Hall–Kier alpha value is -2.73. The van der Waals surface area contributed by atoms with Crippen LogP contribution in [0, 0.1) is 11.3 Å². The van der Waals surface area contributed by atoms with Crippen molar-refractivity contribution in [3.63, 3.8) is 0 Å². The topological polar surface area (TPSA) is 42.2 Å². The predicted molar refractivity (Wildman–Crippen MR) is 83.0 cm³/mol. The Morgan fingerprint density at radius 3 is 2.57 bits per heavy atom. The summed E-state index contributed by atoms with van der Waals surface area (Å²) in [4.78, 5) is 0. The second-order valence-electron chi connectivity index (χ2n) is 4.38. The molecular weight excluding hydrogens is 262 g/mol. The Balaban J connectivity index is 2.14. The first-order valence-electron chi connectivity index (χ1n) is 6.83. The Bertz CT molecular complexity index is 642. The van der Waals surface area contributed by atoms with E-state index in [0.717, 1.165) is 11.1 Å². The molecule has 0 radical (unpaired) electrons. The molecule has 0 aromatic heterocycles. The fraction of sp³-hybridized carbons (Fsp3) is 0.167. The van der Waals surface area contributed by atoms with Crippen LogP contribution in [-0.2, 0) is 6.61 Å². The lowest BCUT2D eigenvalue weighted by molar-refractivity contribution is 0.269. The van der Waals surface area contributed by atoms with E-state index in [-0.39, 0.29) is 0 Å². The molecule has 3 heteroatoms. The molecule has 0 saturated heterocycles. The van der Waals surface area contributed by atoms with Gasteiger partial charge in [0.05, 0.1) is 12.7 Å². The SMILES string of the molecule is CCOc1cc(/C=C/C#N)ccc1OCc1ccccc1. The summed E-state index contributed by atoms with van der Waals surface area (Å²) in [5.41, 5.74) is 2.01. The third kappa shape index (κ3) is 4.39. The minimum atomic E-state index is 0.494. The summed E-state index contributed by atoms with van der Waals surface area (Å²) in [6.07, 6.45) is 3.18. The molecule has 0 aliphatic rings. The lowest BCUT2D eigenvalue weighted by Gasteiger charge is -2.12. The molecule has 3 nitrogen and oxygen atoms in total. The smallest absolute Gasteiger partial charge is 0.161 e. The molecule has 2 aromatic rings. The zero-order valence-electron chi connectivity index (χ0n) is 12.0. The van der Waals surface area contributed by atoms with Gasteiger partial charge in [-0.15, -0.1) is 0 Å². The second-order valence-corrected chi connectivity index (χ2v) is 4.38. The van der Waals surface area contributed by atoms with E-state index in [1.54, 1.807) is 6.08 Å². The number of rotatable bonds is 6. The van der Waals surface area contributed by atoms with E-state index in [1.807, 2.05) is 61.5 Å². The second kappa shape index (κ2) is 7.76. The van der Waals surface area contributed by atoms with Crippen LogP contribution in [0.15, 0.2) is 54.6 Å². The van der Waals surface area contributed by atoms with Gasteiger partial charge in [-0.25, -0.2) is 0 Å². The van der Waals surface area contributed by atoms with Crippen LogP contribution in [0.5, 0.6) is 11.5 Å². The van der Waals surface area contributed by atoms with Gasteiger partial charge in [-0.3, -0.25) is 0 Å². The zero-order valence-corrected chi connectivity index (χ0v) is 12.0. The average Bonchev–Trinajstić information content (AvgIpc) is 2.53. The molecule has 106 valence electrons. The van der Waals surface area contributed by atoms with Crippen LogP contribution in [0.3, 0.4) is 0 Å². The first kappa shape index (κ1) is 14.7. The highest BCUT2D eigenvalue weighted by molar-refractivity contribution is 5.57. The molecule has 0 fully saturated rings. The van der Waals surface area contributed by atoms with Crippen molar-refractivity contribution >= 4 is 6.08 Å².